The highest BCUT2D eigenvalue weighted by Crippen LogP contribution is 2.25. The van der Waals surface area contributed by atoms with Crippen LogP contribution in [-0.4, -0.2) is 57.9 Å². The van der Waals surface area contributed by atoms with E-state index in [4.69, 9.17) is 4.98 Å². The number of nitrogens with zero attached hydrogens (tertiary/aromatic N) is 5. The Bertz CT molecular complexity index is 1340. The minimum absolute atomic E-state index is 0.0368. The largest absolute Gasteiger partial charge is 0.365 e. The number of carbonyl (C=O) groups is 1. The molecule has 2 aromatic heterocycles. The Morgan fingerprint density at radius 3 is 2.59 bits per heavy atom. The molecule has 5 rings (SSSR count). The second-order valence-corrected chi connectivity index (χ2v) is 9.91. The van der Waals surface area contributed by atoms with Crippen LogP contribution in [0, 0.1) is 12.8 Å². The molecule has 3 N–H and O–H groups in total. The number of imidazole rings is 1. The number of hydrogen-bond acceptors (Lipinski definition) is 7. The van der Waals surface area contributed by atoms with Crippen LogP contribution < -0.4 is 15.5 Å². The topological polar surface area (TPSA) is 102 Å². The van der Waals surface area contributed by atoms with E-state index < -0.39 is 0 Å². The zero-order valence-corrected chi connectivity index (χ0v) is 21.7. The average molecular weight is 499 g/mol. The number of carbonyl (C=O) groups excluding carboxylic acids is 1. The van der Waals surface area contributed by atoms with Crippen molar-refractivity contribution in [1.29, 1.82) is 0 Å². The van der Waals surface area contributed by atoms with E-state index in [2.05, 4.69) is 55.6 Å². The Morgan fingerprint density at radius 2 is 1.89 bits per heavy atom. The zero-order valence-electron chi connectivity index (χ0n) is 21.7. The Hall–Kier alpha value is -3.98. The molecular formula is C28H34N8O. The van der Waals surface area contributed by atoms with Crippen LogP contribution in [0.25, 0.3) is 10.9 Å². The molecule has 1 fully saturated rings. The molecule has 1 aliphatic rings. The average Bonchev–Trinajstić information content (AvgIpc) is 3.41. The Labute approximate surface area is 217 Å². The zero-order chi connectivity index (χ0) is 25.8. The van der Waals surface area contributed by atoms with Crippen LogP contribution >= 0.6 is 0 Å². The smallest absolute Gasteiger partial charge is 0.227 e. The van der Waals surface area contributed by atoms with Crippen molar-refractivity contribution in [3.63, 3.8) is 0 Å². The van der Waals surface area contributed by atoms with E-state index in [0.717, 1.165) is 66.3 Å². The summed E-state index contributed by atoms with van der Waals surface area (Å²) in [6, 6.07) is 14.2. The van der Waals surface area contributed by atoms with Gasteiger partial charge in [0, 0.05) is 50.0 Å². The van der Waals surface area contributed by atoms with E-state index in [9.17, 15) is 4.79 Å². The van der Waals surface area contributed by atoms with E-state index in [1.165, 1.54) is 5.56 Å². The number of hydrogen-bond donors (Lipinski definition) is 3. The molecular weight excluding hydrogens is 464 g/mol. The quantitative estimate of drug-likeness (QED) is 0.335. The van der Waals surface area contributed by atoms with Crippen LogP contribution in [0.4, 0.5) is 17.5 Å². The molecule has 37 heavy (non-hydrogen) atoms. The lowest BCUT2D eigenvalue weighted by atomic mass is 9.95. The first kappa shape index (κ1) is 24.7. The van der Waals surface area contributed by atoms with Crippen molar-refractivity contribution in [2.75, 3.05) is 42.7 Å². The van der Waals surface area contributed by atoms with Gasteiger partial charge in [-0.3, -0.25) is 9.69 Å². The fraction of sp³-hybridized carbons (Fsp3) is 0.357. The van der Waals surface area contributed by atoms with Crippen molar-refractivity contribution in [2.45, 2.75) is 32.9 Å². The van der Waals surface area contributed by atoms with E-state index in [-0.39, 0.29) is 11.8 Å². The molecule has 1 saturated heterocycles. The molecule has 9 nitrogen and oxygen atoms in total. The summed E-state index contributed by atoms with van der Waals surface area (Å²) in [5.74, 6) is 2.59. The molecule has 0 atom stereocenters. The SMILES string of the molecule is Cc1ccc2c(NCc3ccc(NC(=O)C4CCN(Cc5ncc[nH]5)CC4)cc3)nc(N(C)C)nc2c1. The molecule has 9 heteroatoms. The number of benzene rings is 2. The molecule has 0 radical (unpaired) electrons. The molecule has 192 valence electrons. The first-order valence-electron chi connectivity index (χ1n) is 12.7. The summed E-state index contributed by atoms with van der Waals surface area (Å²) < 4.78 is 0. The van der Waals surface area contributed by atoms with Gasteiger partial charge in [0.05, 0.1) is 12.1 Å². The third kappa shape index (κ3) is 6.06. The van der Waals surface area contributed by atoms with Gasteiger partial charge in [-0.2, -0.15) is 4.98 Å². The molecule has 1 aliphatic heterocycles. The fourth-order valence-corrected chi connectivity index (χ4v) is 4.65. The maximum atomic E-state index is 12.8. The number of piperidine rings is 1. The van der Waals surface area contributed by atoms with Gasteiger partial charge in [-0.15, -0.1) is 0 Å². The van der Waals surface area contributed by atoms with Crippen molar-refractivity contribution >= 4 is 34.3 Å². The van der Waals surface area contributed by atoms with E-state index in [1.54, 1.807) is 6.20 Å². The Kier molecular flexibility index (Phi) is 7.32. The van der Waals surface area contributed by atoms with Gasteiger partial charge >= 0.3 is 0 Å². The monoisotopic (exact) mass is 498 g/mol. The van der Waals surface area contributed by atoms with Crippen molar-refractivity contribution < 1.29 is 4.79 Å². The van der Waals surface area contributed by atoms with E-state index in [0.29, 0.717) is 12.5 Å². The van der Waals surface area contributed by atoms with Crippen LogP contribution in [0.3, 0.4) is 0 Å². The van der Waals surface area contributed by atoms with Gasteiger partial charge < -0.3 is 20.5 Å². The standard InChI is InChI=1S/C28H34N8O/c1-19-4-9-23-24(16-19)33-28(35(2)3)34-26(23)31-17-20-5-7-22(8-6-20)32-27(37)21-10-14-36(15-11-21)18-25-29-12-13-30-25/h4-9,12-13,16,21H,10-11,14-15,17-18H2,1-3H3,(H,29,30)(H,32,37)(H,31,33,34). The first-order chi connectivity index (χ1) is 17.9. The minimum Gasteiger partial charge on any atom is -0.365 e. The van der Waals surface area contributed by atoms with Crippen LogP contribution in [0.15, 0.2) is 54.9 Å². The fourth-order valence-electron chi connectivity index (χ4n) is 4.65. The maximum Gasteiger partial charge on any atom is 0.227 e. The third-order valence-electron chi connectivity index (χ3n) is 6.81. The Balaban J connectivity index is 1.16. The lowest BCUT2D eigenvalue weighted by Crippen LogP contribution is -2.38. The minimum atomic E-state index is 0.0368. The molecule has 0 aliphatic carbocycles. The maximum absolute atomic E-state index is 12.8. The van der Waals surface area contributed by atoms with Gasteiger partial charge in [0.15, 0.2) is 0 Å². The number of nitrogens with one attached hydrogen (secondary N) is 3. The number of anilines is 3. The lowest BCUT2D eigenvalue weighted by Gasteiger charge is -2.30. The van der Waals surface area contributed by atoms with Crippen molar-refractivity contribution in [2.24, 2.45) is 5.92 Å². The highest BCUT2D eigenvalue weighted by atomic mass is 16.1. The molecule has 0 bridgehead atoms. The summed E-state index contributed by atoms with van der Waals surface area (Å²) in [5.41, 5.74) is 4.02. The molecule has 0 unspecified atom stereocenters. The van der Waals surface area contributed by atoms with Gasteiger partial charge in [0.25, 0.3) is 0 Å². The summed E-state index contributed by atoms with van der Waals surface area (Å²) in [6.07, 6.45) is 5.33. The van der Waals surface area contributed by atoms with Gasteiger partial charge in [0.2, 0.25) is 11.9 Å². The second kappa shape index (κ2) is 11.0. The van der Waals surface area contributed by atoms with Crippen LogP contribution in [-0.2, 0) is 17.9 Å². The summed E-state index contributed by atoms with van der Waals surface area (Å²) in [4.78, 5) is 33.9. The van der Waals surface area contributed by atoms with Crippen molar-refractivity contribution in [1.82, 2.24) is 24.8 Å². The molecule has 2 aromatic carbocycles. The normalized spacial score (nSPS) is 14.6. The van der Waals surface area contributed by atoms with Gasteiger partial charge in [0.1, 0.15) is 11.6 Å². The summed E-state index contributed by atoms with van der Waals surface area (Å²) in [7, 11) is 3.89. The lowest BCUT2D eigenvalue weighted by molar-refractivity contribution is -0.121. The Morgan fingerprint density at radius 1 is 1.11 bits per heavy atom. The number of H-pyrrole nitrogens is 1. The molecule has 3 heterocycles. The second-order valence-electron chi connectivity index (χ2n) is 9.91. The van der Waals surface area contributed by atoms with Gasteiger partial charge in [-0.05, 0) is 68.2 Å². The number of amides is 1. The van der Waals surface area contributed by atoms with Crippen LogP contribution in [0.1, 0.15) is 29.8 Å². The van der Waals surface area contributed by atoms with Gasteiger partial charge in [-0.25, -0.2) is 9.97 Å². The number of aromatic nitrogens is 4. The molecule has 1 amide bonds. The number of aryl methyl sites for hydroxylation is 1. The van der Waals surface area contributed by atoms with Crippen LogP contribution in [0.5, 0.6) is 0 Å². The summed E-state index contributed by atoms with van der Waals surface area (Å²) >= 11 is 0. The number of rotatable bonds is 8. The third-order valence-corrected chi connectivity index (χ3v) is 6.81. The van der Waals surface area contributed by atoms with Crippen molar-refractivity contribution in [3.05, 3.63) is 71.8 Å². The van der Waals surface area contributed by atoms with Gasteiger partial charge in [-0.1, -0.05) is 18.2 Å². The highest BCUT2D eigenvalue weighted by Gasteiger charge is 2.25. The number of likely N-dealkylation sites (tertiary alicyclic amines) is 1. The molecule has 0 spiro atoms. The molecule has 0 saturated carbocycles. The highest BCUT2D eigenvalue weighted by molar-refractivity contribution is 5.92. The predicted molar refractivity (Wildman–Crippen MR) is 148 cm³/mol. The number of fused-ring (bicyclic) bond motifs is 1. The first-order valence-corrected chi connectivity index (χ1v) is 12.7. The number of aromatic amines is 1. The summed E-state index contributed by atoms with van der Waals surface area (Å²) in [6.45, 7) is 5.29. The van der Waals surface area contributed by atoms with Crippen LogP contribution in [0.2, 0.25) is 0 Å². The molecule has 4 aromatic rings. The van der Waals surface area contributed by atoms with E-state index in [1.807, 2.05) is 49.5 Å². The van der Waals surface area contributed by atoms with E-state index >= 15 is 0 Å². The van der Waals surface area contributed by atoms with Crippen molar-refractivity contribution in [3.8, 4) is 0 Å². The predicted octanol–water partition coefficient (Wildman–Crippen LogP) is 4.19. The summed E-state index contributed by atoms with van der Waals surface area (Å²) in [5, 5.41) is 7.57.